The molecule has 0 aromatic heterocycles. The van der Waals surface area contributed by atoms with E-state index in [2.05, 4.69) is 12.2 Å². The maximum atomic E-state index is 12.1. The van der Waals surface area contributed by atoms with Gasteiger partial charge < -0.3 is 15.1 Å². The molecule has 86 valence electrons. The lowest BCUT2D eigenvalue weighted by Gasteiger charge is -2.31. The molecule has 2 rings (SSSR count). The average Bonchev–Trinajstić information content (AvgIpc) is 2.78. The minimum absolute atomic E-state index is 0.257. The van der Waals surface area contributed by atoms with Gasteiger partial charge in [0, 0.05) is 39.3 Å². The van der Waals surface area contributed by atoms with Gasteiger partial charge in [-0.3, -0.25) is 0 Å². The van der Waals surface area contributed by atoms with E-state index in [9.17, 15) is 4.79 Å². The van der Waals surface area contributed by atoms with Crippen LogP contribution in [0.25, 0.3) is 0 Å². The van der Waals surface area contributed by atoms with E-state index in [1.54, 1.807) is 0 Å². The average molecular weight is 211 g/mol. The van der Waals surface area contributed by atoms with Crippen LogP contribution >= 0.6 is 0 Å². The molecular formula is C11H21N3O. The minimum Gasteiger partial charge on any atom is -0.324 e. The molecule has 0 aliphatic carbocycles. The molecule has 1 N–H and O–H groups in total. The van der Waals surface area contributed by atoms with Crippen molar-refractivity contribution in [2.24, 2.45) is 5.92 Å². The molecule has 4 nitrogen and oxygen atoms in total. The van der Waals surface area contributed by atoms with Crippen LogP contribution in [0.1, 0.15) is 19.8 Å². The first kappa shape index (κ1) is 10.7. The number of carbonyl (C=O) groups excluding carboxylic acids is 1. The van der Waals surface area contributed by atoms with Crippen LogP contribution < -0.4 is 5.32 Å². The van der Waals surface area contributed by atoms with Crippen LogP contribution in [0.4, 0.5) is 4.79 Å². The van der Waals surface area contributed by atoms with E-state index in [-0.39, 0.29) is 6.03 Å². The summed E-state index contributed by atoms with van der Waals surface area (Å²) in [6.45, 7) is 7.76. The first-order valence-corrected chi connectivity index (χ1v) is 6.06. The van der Waals surface area contributed by atoms with Crippen molar-refractivity contribution >= 4 is 6.03 Å². The van der Waals surface area contributed by atoms with Crippen LogP contribution in [0.5, 0.6) is 0 Å². The van der Waals surface area contributed by atoms with Crippen LogP contribution in [0.15, 0.2) is 0 Å². The summed E-state index contributed by atoms with van der Waals surface area (Å²) in [5.74, 6) is 0.733. The zero-order valence-electron chi connectivity index (χ0n) is 9.54. The molecule has 0 bridgehead atoms. The van der Waals surface area contributed by atoms with Crippen molar-refractivity contribution in [2.75, 3.05) is 39.3 Å². The van der Waals surface area contributed by atoms with Crippen molar-refractivity contribution in [3.63, 3.8) is 0 Å². The van der Waals surface area contributed by atoms with Crippen molar-refractivity contribution < 1.29 is 4.79 Å². The number of hydrogen-bond acceptors (Lipinski definition) is 2. The molecule has 0 aromatic carbocycles. The summed E-state index contributed by atoms with van der Waals surface area (Å²) in [6, 6.07) is 0.257. The number of carbonyl (C=O) groups is 1. The molecule has 2 aliphatic rings. The van der Waals surface area contributed by atoms with E-state index in [4.69, 9.17) is 0 Å². The fraction of sp³-hybridized carbons (Fsp3) is 0.909. The molecule has 2 fully saturated rings. The van der Waals surface area contributed by atoms with Crippen molar-refractivity contribution in [2.45, 2.75) is 19.8 Å². The highest BCUT2D eigenvalue weighted by molar-refractivity contribution is 5.74. The number of amides is 2. The summed E-state index contributed by atoms with van der Waals surface area (Å²) in [5.41, 5.74) is 0. The van der Waals surface area contributed by atoms with Gasteiger partial charge in [-0.1, -0.05) is 13.3 Å². The summed E-state index contributed by atoms with van der Waals surface area (Å²) in [7, 11) is 0. The number of nitrogens with one attached hydrogen (secondary N) is 1. The van der Waals surface area contributed by atoms with E-state index in [0.717, 1.165) is 45.2 Å². The Morgan fingerprint density at radius 2 is 2.00 bits per heavy atom. The highest BCUT2D eigenvalue weighted by atomic mass is 16.2. The second kappa shape index (κ2) is 4.84. The Morgan fingerprint density at radius 3 is 2.60 bits per heavy atom. The standard InChI is InChI=1S/C11H21N3O/c1-2-10-3-6-14(9-10)11(15)13-7-4-12-5-8-13/h10,12H,2-9H2,1H3. The molecule has 2 heterocycles. The third kappa shape index (κ3) is 2.43. The summed E-state index contributed by atoms with van der Waals surface area (Å²) < 4.78 is 0. The first-order valence-electron chi connectivity index (χ1n) is 6.06. The van der Waals surface area contributed by atoms with Gasteiger partial charge >= 0.3 is 6.03 Å². The maximum absolute atomic E-state index is 12.1. The monoisotopic (exact) mass is 211 g/mol. The van der Waals surface area contributed by atoms with Crippen molar-refractivity contribution in [1.29, 1.82) is 0 Å². The van der Waals surface area contributed by atoms with E-state index in [1.165, 1.54) is 12.8 Å². The third-order valence-corrected chi connectivity index (χ3v) is 3.52. The number of urea groups is 1. The van der Waals surface area contributed by atoms with Crippen LogP contribution in [0, 0.1) is 5.92 Å². The fourth-order valence-electron chi connectivity index (χ4n) is 2.40. The summed E-state index contributed by atoms with van der Waals surface area (Å²) in [5, 5.41) is 3.27. The van der Waals surface area contributed by atoms with Gasteiger partial charge in [0.2, 0.25) is 0 Å². The highest BCUT2D eigenvalue weighted by Crippen LogP contribution is 2.20. The van der Waals surface area contributed by atoms with Gasteiger partial charge in [-0.15, -0.1) is 0 Å². The molecular weight excluding hydrogens is 190 g/mol. The van der Waals surface area contributed by atoms with Crippen LogP contribution in [-0.2, 0) is 0 Å². The Morgan fingerprint density at radius 1 is 1.27 bits per heavy atom. The van der Waals surface area contributed by atoms with Gasteiger partial charge in [-0.2, -0.15) is 0 Å². The number of rotatable bonds is 1. The maximum Gasteiger partial charge on any atom is 0.320 e. The van der Waals surface area contributed by atoms with Gasteiger partial charge in [0.05, 0.1) is 0 Å². The molecule has 1 unspecified atom stereocenters. The molecule has 0 radical (unpaired) electrons. The smallest absolute Gasteiger partial charge is 0.320 e. The predicted molar refractivity (Wildman–Crippen MR) is 59.8 cm³/mol. The quantitative estimate of drug-likeness (QED) is 0.694. The molecule has 4 heteroatoms. The van der Waals surface area contributed by atoms with Gasteiger partial charge in [0.1, 0.15) is 0 Å². The predicted octanol–water partition coefficient (Wildman–Crippen LogP) is 0.744. The van der Waals surface area contributed by atoms with Gasteiger partial charge in [0.25, 0.3) is 0 Å². The summed E-state index contributed by atoms with van der Waals surface area (Å²) >= 11 is 0. The Labute approximate surface area is 91.6 Å². The Hall–Kier alpha value is -0.770. The first-order chi connectivity index (χ1) is 7.31. The SMILES string of the molecule is CCC1CCN(C(=O)N2CCNCC2)C1. The van der Waals surface area contributed by atoms with Gasteiger partial charge in [-0.25, -0.2) is 4.79 Å². The van der Waals surface area contributed by atoms with E-state index in [1.807, 2.05) is 9.80 Å². The number of likely N-dealkylation sites (tertiary alicyclic amines) is 1. The lowest BCUT2D eigenvalue weighted by atomic mass is 10.1. The summed E-state index contributed by atoms with van der Waals surface area (Å²) in [4.78, 5) is 16.1. The normalized spacial score (nSPS) is 27.1. The number of hydrogen-bond donors (Lipinski definition) is 1. The minimum atomic E-state index is 0.257. The lowest BCUT2D eigenvalue weighted by Crippen LogP contribution is -2.51. The molecule has 0 aromatic rings. The molecule has 0 spiro atoms. The highest BCUT2D eigenvalue weighted by Gasteiger charge is 2.28. The van der Waals surface area contributed by atoms with Crippen molar-refractivity contribution in [1.82, 2.24) is 15.1 Å². The molecule has 0 saturated carbocycles. The summed E-state index contributed by atoms with van der Waals surface area (Å²) in [6.07, 6.45) is 2.39. The topological polar surface area (TPSA) is 35.6 Å². The molecule has 2 saturated heterocycles. The van der Waals surface area contributed by atoms with Crippen molar-refractivity contribution in [3.8, 4) is 0 Å². The van der Waals surface area contributed by atoms with Crippen molar-refractivity contribution in [3.05, 3.63) is 0 Å². The van der Waals surface area contributed by atoms with Gasteiger partial charge in [0.15, 0.2) is 0 Å². The molecule has 2 amide bonds. The largest absolute Gasteiger partial charge is 0.324 e. The van der Waals surface area contributed by atoms with E-state index < -0.39 is 0 Å². The zero-order valence-corrected chi connectivity index (χ0v) is 9.54. The Balaban J connectivity index is 1.85. The van der Waals surface area contributed by atoms with Crippen LogP contribution in [0.3, 0.4) is 0 Å². The Bertz CT molecular complexity index is 226. The fourth-order valence-corrected chi connectivity index (χ4v) is 2.40. The number of nitrogens with zero attached hydrogens (tertiary/aromatic N) is 2. The second-order valence-corrected chi connectivity index (χ2v) is 4.53. The Kier molecular flexibility index (Phi) is 3.46. The van der Waals surface area contributed by atoms with E-state index >= 15 is 0 Å². The van der Waals surface area contributed by atoms with E-state index in [0.29, 0.717) is 0 Å². The zero-order chi connectivity index (χ0) is 10.7. The number of piperazine rings is 1. The second-order valence-electron chi connectivity index (χ2n) is 4.53. The van der Waals surface area contributed by atoms with Crippen LogP contribution in [0.2, 0.25) is 0 Å². The van der Waals surface area contributed by atoms with Crippen LogP contribution in [-0.4, -0.2) is 55.1 Å². The molecule has 15 heavy (non-hydrogen) atoms. The van der Waals surface area contributed by atoms with Gasteiger partial charge in [-0.05, 0) is 12.3 Å². The molecule has 2 aliphatic heterocycles. The lowest BCUT2D eigenvalue weighted by molar-refractivity contribution is 0.154. The molecule has 1 atom stereocenters. The third-order valence-electron chi connectivity index (χ3n) is 3.52.